The van der Waals surface area contributed by atoms with Gasteiger partial charge < -0.3 is 14.1 Å². The Morgan fingerprint density at radius 3 is 2.53 bits per heavy atom. The van der Waals surface area contributed by atoms with Crippen molar-refractivity contribution >= 4 is 33.2 Å². The molecule has 0 saturated carbocycles. The van der Waals surface area contributed by atoms with E-state index in [9.17, 15) is 13.2 Å². The minimum atomic E-state index is -3.93. The summed E-state index contributed by atoms with van der Waals surface area (Å²) in [5, 5.41) is 0.159. The second kappa shape index (κ2) is 9.23. The number of ether oxygens (including phenoxy) is 1. The van der Waals surface area contributed by atoms with Gasteiger partial charge in [0.05, 0.1) is 34.9 Å². The molecule has 0 atom stereocenters. The molecule has 1 heterocycles. The molecule has 158 valence electrons. The summed E-state index contributed by atoms with van der Waals surface area (Å²) in [5.74, 6) is 0.817. The van der Waals surface area contributed by atoms with E-state index < -0.39 is 15.9 Å². The van der Waals surface area contributed by atoms with E-state index in [4.69, 9.17) is 20.8 Å². The Morgan fingerprint density at radius 1 is 1.17 bits per heavy atom. The predicted octanol–water partition coefficient (Wildman–Crippen LogP) is 4.40. The van der Waals surface area contributed by atoms with Gasteiger partial charge in [-0.05, 0) is 61.5 Å². The Labute approximate surface area is 180 Å². The van der Waals surface area contributed by atoms with Gasteiger partial charge in [0.2, 0.25) is 0 Å². The van der Waals surface area contributed by atoms with Crippen LogP contribution in [0.3, 0.4) is 0 Å². The lowest BCUT2D eigenvalue weighted by atomic mass is 10.2. The van der Waals surface area contributed by atoms with E-state index in [1.807, 2.05) is 6.92 Å². The van der Waals surface area contributed by atoms with Crippen LogP contribution < -0.4 is 9.46 Å². The van der Waals surface area contributed by atoms with Crippen molar-refractivity contribution in [2.45, 2.75) is 18.4 Å². The number of benzene rings is 2. The van der Waals surface area contributed by atoms with Crippen LogP contribution in [-0.4, -0.2) is 32.9 Å². The van der Waals surface area contributed by atoms with Crippen LogP contribution in [0.25, 0.3) is 0 Å². The molecular formula is C21H21ClN2O5S. The zero-order chi connectivity index (χ0) is 21.7. The van der Waals surface area contributed by atoms with Crippen molar-refractivity contribution in [1.29, 1.82) is 0 Å². The summed E-state index contributed by atoms with van der Waals surface area (Å²) < 4.78 is 38.7. The number of furan rings is 1. The number of hydrogen-bond donors (Lipinski definition) is 1. The molecule has 0 aliphatic heterocycles. The van der Waals surface area contributed by atoms with Gasteiger partial charge in [0.1, 0.15) is 11.5 Å². The fourth-order valence-corrected chi connectivity index (χ4v) is 4.03. The Kier molecular flexibility index (Phi) is 6.69. The Bertz CT molecular complexity index is 1110. The molecule has 0 aliphatic carbocycles. The second-order valence-corrected chi connectivity index (χ2v) is 8.53. The first-order valence-electron chi connectivity index (χ1n) is 9.13. The first-order valence-corrected chi connectivity index (χ1v) is 11.0. The highest BCUT2D eigenvalue weighted by Crippen LogP contribution is 2.25. The van der Waals surface area contributed by atoms with Crippen LogP contribution >= 0.6 is 11.6 Å². The SMILES string of the molecule is CCOc1ccc(NS(=O)(=O)c2ccc(Cl)c(C(=O)N(C)Cc3ccco3)c2)cc1. The highest BCUT2D eigenvalue weighted by Gasteiger charge is 2.21. The van der Waals surface area contributed by atoms with E-state index in [1.54, 1.807) is 43.4 Å². The molecule has 0 saturated heterocycles. The van der Waals surface area contributed by atoms with Crippen molar-refractivity contribution in [2.75, 3.05) is 18.4 Å². The lowest BCUT2D eigenvalue weighted by Crippen LogP contribution is -2.26. The number of anilines is 1. The maximum atomic E-state index is 12.8. The third-order valence-electron chi connectivity index (χ3n) is 4.22. The van der Waals surface area contributed by atoms with Crippen molar-refractivity contribution in [3.63, 3.8) is 0 Å². The third-order valence-corrected chi connectivity index (χ3v) is 5.92. The lowest BCUT2D eigenvalue weighted by molar-refractivity contribution is 0.0775. The molecule has 1 aromatic heterocycles. The minimum Gasteiger partial charge on any atom is -0.494 e. The summed E-state index contributed by atoms with van der Waals surface area (Å²) in [6.07, 6.45) is 1.51. The minimum absolute atomic E-state index is 0.0736. The number of sulfonamides is 1. The van der Waals surface area contributed by atoms with E-state index in [1.165, 1.54) is 29.4 Å². The van der Waals surface area contributed by atoms with Crippen molar-refractivity contribution in [3.8, 4) is 5.75 Å². The monoisotopic (exact) mass is 448 g/mol. The van der Waals surface area contributed by atoms with Gasteiger partial charge in [-0.25, -0.2) is 8.42 Å². The van der Waals surface area contributed by atoms with Gasteiger partial charge >= 0.3 is 0 Å². The van der Waals surface area contributed by atoms with E-state index in [0.29, 0.717) is 23.8 Å². The Hall–Kier alpha value is -2.97. The summed E-state index contributed by atoms with van der Waals surface area (Å²) in [4.78, 5) is 14.1. The Balaban J connectivity index is 1.81. The first kappa shape index (κ1) is 21.7. The maximum Gasteiger partial charge on any atom is 0.261 e. The fourth-order valence-electron chi connectivity index (χ4n) is 2.75. The second-order valence-electron chi connectivity index (χ2n) is 6.45. The van der Waals surface area contributed by atoms with Crippen LogP contribution in [0.1, 0.15) is 23.0 Å². The molecule has 0 radical (unpaired) electrons. The lowest BCUT2D eigenvalue weighted by Gasteiger charge is -2.17. The molecule has 1 N–H and O–H groups in total. The average molecular weight is 449 g/mol. The summed E-state index contributed by atoms with van der Waals surface area (Å²) in [6.45, 7) is 2.60. The number of rotatable bonds is 8. The first-order chi connectivity index (χ1) is 14.3. The zero-order valence-corrected chi connectivity index (χ0v) is 18.0. The molecule has 0 fully saturated rings. The van der Waals surface area contributed by atoms with Gasteiger partial charge in [-0.15, -0.1) is 0 Å². The highest BCUT2D eigenvalue weighted by molar-refractivity contribution is 7.92. The van der Waals surface area contributed by atoms with Crippen LogP contribution in [0, 0.1) is 0 Å². The van der Waals surface area contributed by atoms with Crippen LogP contribution in [0.4, 0.5) is 5.69 Å². The van der Waals surface area contributed by atoms with Crippen LogP contribution in [0.15, 0.2) is 70.2 Å². The number of carbonyl (C=O) groups is 1. The van der Waals surface area contributed by atoms with Crippen molar-refractivity contribution < 1.29 is 22.4 Å². The normalized spacial score (nSPS) is 11.2. The number of amides is 1. The predicted molar refractivity (Wildman–Crippen MR) is 114 cm³/mol. The standard InChI is InChI=1S/C21H21ClN2O5S/c1-3-28-16-8-6-15(7-9-16)23-30(26,27)18-10-11-20(22)19(13-18)21(25)24(2)14-17-5-4-12-29-17/h4-13,23H,3,14H2,1-2H3. The summed E-state index contributed by atoms with van der Waals surface area (Å²) >= 11 is 6.17. The van der Waals surface area contributed by atoms with Gasteiger partial charge in [0, 0.05) is 12.7 Å². The van der Waals surface area contributed by atoms with Crippen LogP contribution in [0.5, 0.6) is 5.75 Å². The Morgan fingerprint density at radius 2 is 1.90 bits per heavy atom. The topological polar surface area (TPSA) is 88.8 Å². The quantitative estimate of drug-likeness (QED) is 0.551. The maximum absolute atomic E-state index is 12.8. The van der Waals surface area contributed by atoms with E-state index >= 15 is 0 Å². The molecule has 3 aromatic rings. The van der Waals surface area contributed by atoms with E-state index in [-0.39, 0.29) is 22.0 Å². The fraction of sp³-hybridized carbons (Fsp3) is 0.190. The smallest absolute Gasteiger partial charge is 0.261 e. The number of carbonyl (C=O) groups excluding carboxylic acids is 1. The van der Waals surface area contributed by atoms with Gasteiger partial charge in [-0.1, -0.05) is 11.6 Å². The van der Waals surface area contributed by atoms with Crippen molar-refractivity contribution in [1.82, 2.24) is 4.90 Å². The molecular weight excluding hydrogens is 428 g/mol. The van der Waals surface area contributed by atoms with Gasteiger partial charge in [-0.2, -0.15) is 0 Å². The number of nitrogens with zero attached hydrogens (tertiary/aromatic N) is 1. The molecule has 0 unspecified atom stereocenters. The largest absolute Gasteiger partial charge is 0.494 e. The highest BCUT2D eigenvalue weighted by atomic mass is 35.5. The molecule has 7 nitrogen and oxygen atoms in total. The molecule has 9 heteroatoms. The summed E-state index contributed by atoms with van der Waals surface area (Å²) in [5.41, 5.74) is 0.455. The van der Waals surface area contributed by atoms with Gasteiger partial charge in [-0.3, -0.25) is 9.52 Å². The molecule has 0 aliphatic rings. The van der Waals surface area contributed by atoms with E-state index in [0.717, 1.165) is 0 Å². The van der Waals surface area contributed by atoms with E-state index in [2.05, 4.69) is 4.72 Å². The molecule has 2 aromatic carbocycles. The number of hydrogen-bond acceptors (Lipinski definition) is 5. The summed E-state index contributed by atoms with van der Waals surface area (Å²) in [6, 6.07) is 14.0. The number of nitrogens with one attached hydrogen (secondary N) is 1. The van der Waals surface area contributed by atoms with Crippen LogP contribution in [-0.2, 0) is 16.6 Å². The molecule has 3 rings (SSSR count). The molecule has 0 spiro atoms. The van der Waals surface area contributed by atoms with Gasteiger partial charge in [0.25, 0.3) is 15.9 Å². The molecule has 1 amide bonds. The van der Waals surface area contributed by atoms with Crippen LogP contribution in [0.2, 0.25) is 5.02 Å². The molecule has 30 heavy (non-hydrogen) atoms. The summed E-state index contributed by atoms with van der Waals surface area (Å²) in [7, 11) is -2.34. The third kappa shape index (κ3) is 5.14. The van der Waals surface area contributed by atoms with Crippen molar-refractivity contribution in [3.05, 3.63) is 77.2 Å². The van der Waals surface area contributed by atoms with Crippen molar-refractivity contribution in [2.24, 2.45) is 0 Å². The average Bonchev–Trinajstić information content (AvgIpc) is 3.22. The number of halogens is 1. The van der Waals surface area contributed by atoms with Gasteiger partial charge in [0.15, 0.2) is 0 Å². The zero-order valence-electron chi connectivity index (χ0n) is 16.5. The molecule has 0 bridgehead atoms.